The molecule has 0 aliphatic carbocycles. The number of benzene rings is 1. The van der Waals surface area contributed by atoms with Crippen molar-refractivity contribution in [3.05, 3.63) is 41.7 Å². The first-order valence-electron chi connectivity index (χ1n) is 9.20. The number of nitrogens with one attached hydrogen (secondary N) is 1. The summed E-state index contributed by atoms with van der Waals surface area (Å²) in [4.78, 5) is 16.5. The number of rotatable bonds is 7. The normalized spacial score (nSPS) is 11.5. The highest BCUT2D eigenvalue weighted by Gasteiger charge is 2.29. The van der Waals surface area contributed by atoms with E-state index in [1.54, 1.807) is 31.6 Å². The van der Waals surface area contributed by atoms with Gasteiger partial charge in [0.05, 0.1) is 33.8 Å². The number of carbonyl (C=O) groups is 1. The number of hydrogen-bond acceptors (Lipinski definition) is 7. The van der Waals surface area contributed by atoms with Gasteiger partial charge in [-0.05, 0) is 37.6 Å². The van der Waals surface area contributed by atoms with Gasteiger partial charge in [0.1, 0.15) is 5.75 Å². The Kier molecular flexibility index (Phi) is 5.94. The van der Waals surface area contributed by atoms with Crippen molar-refractivity contribution in [2.24, 2.45) is 7.05 Å². The highest BCUT2D eigenvalue weighted by atomic mass is 32.2. The fraction of sp³-hybridized carbons (Fsp3) is 0.316. The molecule has 3 rings (SSSR count). The minimum atomic E-state index is -4.04. The summed E-state index contributed by atoms with van der Waals surface area (Å²) in [5, 5.41) is 13.8. The Labute approximate surface area is 174 Å². The summed E-state index contributed by atoms with van der Waals surface area (Å²) < 4.78 is 34.6. The third-order valence-corrected chi connectivity index (χ3v) is 6.39. The van der Waals surface area contributed by atoms with E-state index in [9.17, 15) is 13.2 Å². The van der Waals surface area contributed by atoms with Crippen LogP contribution in [0.5, 0.6) is 5.75 Å². The van der Waals surface area contributed by atoms with Crippen LogP contribution in [0.15, 0.2) is 35.4 Å². The van der Waals surface area contributed by atoms with Crippen LogP contribution in [-0.2, 0) is 17.1 Å². The lowest BCUT2D eigenvalue weighted by atomic mass is 10.1. The first-order chi connectivity index (χ1) is 14.2. The van der Waals surface area contributed by atoms with Crippen LogP contribution < -0.4 is 14.5 Å². The molecule has 0 bridgehead atoms. The summed E-state index contributed by atoms with van der Waals surface area (Å²) in [6.45, 7) is 4.19. The van der Waals surface area contributed by atoms with Gasteiger partial charge >= 0.3 is 0 Å². The molecule has 11 heteroatoms. The SMILES string of the molecule is CCCOc1ccc(S(=O)(=O)N(C)c2c(C(=O)NO)cnc3c2c(C)nn3C)cc1. The summed E-state index contributed by atoms with van der Waals surface area (Å²) in [5.41, 5.74) is 2.41. The first-order valence-corrected chi connectivity index (χ1v) is 10.6. The van der Waals surface area contributed by atoms with Gasteiger partial charge in [0.2, 0.25) is 0 Å². The molecule has 0 spiro atoms. The van der Waals surface area contributed by atoms with E-state index in [4.69, 9.17) is 9.94 Å². The van der Waals surface area contributed by atoms with Gasteiger partial charge in [-0.1, -0.05) is 6.92 Å². The maximum absolute atomic E-state index is 13.3. The number of pyridine rings is 1. The van der Waals surface area contributed by atoms with Crippen LogP contribution >= 0.6 is 0 Å². The van der Waals surface area contributed by atoms with Crippen molar-refractivity contribution in [1.82, 2.24) is 20.2 Å². The largest absolute Gasteiger partial charge is 0.494 e. The van der Waals surface area contributed by atoms with Gasteiger partial charge in [-0.2, -0.15) is 5.10 Å². The van der Waals surface area contributed by atoms with Crippen molar-refractivity contribution in [2.75, 3.05) is 18.0 Å². The number of aromatic nitrogens is 3. The Morgan fingerprint density at radius 1 is 1.30 bits per heavy atom. The molecule has 0 aliphatic heterocycles. The van der Waals surface area contributed by atoms with E-state index in [0.29, 0.717) is 29.1 Å². The van der Waals surface area contributed by atoms with Crippen molar-refractivity contribution in [3.8, 4) is 5.75 Å². The highest BCUT2D eigenvalue weighted by Crippen LogP contribution is 2.34. The summed E-state index contributed by atoms with van der Waals surface area (Å²) in [6, 6.07) is 6.04. The number of carbonyl (C=O) groups excluding carboxylic acids is 1. The third-order valence-electron chi connectivity index (χ3n) is 4.62. The molecule has 0 radical (unpaired) electrons. The maximum Gasteiger partial charge on any atom is 0.278 e. The van der Waals surface area contributed by atoms with Gasteiger partial charge in [0.15, 0.2) is 5.65 Å². The second kappa shape index (κ2) is 8.28. The molecule has 160 valence electrons. The minimum Gasteiger partial charge on any atom is -0.494 e. The predicted octanol–water partition coefficient (Wildman–Crippen LogP) is 2.01. The van der Waals surface area contributed by atoms with Crippen molar-refractivity contribution in [3.63, 3.8) is 0 Å². The van der Waals surface area contributed by atoms with Gasteiger partial charge < -0.3 is 4.74 Å². The maximum atomic E-state index is 13.3. The molecule has 1 amide bonds. The molecule has 2 aromatic heterocycles. The molecule has 0 saturated carbocycles. The van der Waals surface area contributed by atoms with Crippen molar-refractivity contribution in [2.45, 2.75) is 25.2 Å². The Balaban J connectivity index is 2.15. The fourth-order valence-corrected chi connectivity index (χ4v) is 4.38. The van der Waals surface area contributed by atoms with Crippen LogP contribution in [0, 0.1) is 6.92 Å². The standard InChI is InChI=1S/C19H23N5O5S/c1-5-10-29-13-6-8-14(9-7-13)30(27,28)24(4)17-15(19(25)22-26)11-20-18-16(17)12(2)21-23(18)3/h6-9,11,26H,5,10H2,1-4H3,(H,22,25). The summed E-state index contributed by atoms with van der Waals surface area (Å²) in [6.07, 6.45) is 2.04. The zero-order valence-electron chi connectivity index (χ0n) is 17.1. The van der Waals surface area contributed by atoms with E-state index < -0.39 is 15.9 Å². The zero-order chi connectivity index (χ0) is 22.1. The number of ether oxygens (including phenoxy) is 1. The fourth-order valence-electron chi connectivity index (χ4n) is 3.15. The quantitative estimate of drug-likeness (QED) is 0.431. The van der Waals surface area contributed by atoms with E-state index in [-0.39, 0.29) is 16.1 Å². The number of anilines is 1. The van der Waals surface area contributed by atoms with Gasteiger partial charge in [-0.25, -0.2) is 18.9 Å². The summed E-state index contributed by atoms with van der Waals surface area (Å²) in [5.74, 6) is -0.318. The number of sulfonamides is 1. The van der Waals surface area contributed by atoms with Crippen LogP contribution in [0.4, 0.5) is 5.69 Å². The monoisotopic (exact) mass is 433 g/mol. The van der Waals surface area contributed by atoms with Gasteiger partial charge in [0, 0.05) is 20.3 Å². The molecule has 0 fully saturated rings. The van der Waals surface area contributed by atoms with Crippen molar-refractivity contribution in [1.29, 1.82) is 0 Å². The van der Waals surface area contributed by atoms with Gasteiger partial charge in [0.25, 0.3) is 15.9 Å². The molecule has 30 heavy (non-hydrogen) atoms. The van der Waals surface area contributed by atoms with Crippen molar-refractivity contribution < 1.29 is 23.2 Å². The number of fused-ring (bicyclic) bond motifs is 1. The van der Waals surface area contributed by atoms with Crippen LogP contribution in [0.25, 0.3) is 11.0 Å². The molecular weight excluding hydrogens is 410 g/mol. The summed E-state index contributed by atoms with van der Waals surface area (Å²) >= 11 is 0. The molecule has 10 nitrogen and oxygen atoms in total. The molecular formula is C19H23N5O5S. The lowest BCUT2D eigenvalue weighted by molar-refractivity contribution is 0.0707. The Bertz CT molecular complexity index is 1190. The molecule has 2 heterocycles. The number of amides is 1. The minimum absolute atomic E-state index is 0.0238. The number of aryl methyl sites for hydroxylation is 2. The molecule has 1 aromatic carbocycles. The molecule has 2 N–H and O–H groups in total. The van der Waals surface area contributed by atoms with Crippen molar-refractivity contribution >= 4 is 32.7 Å². The summed E-state index contributed by atoms with van der Waals surface area (Å²) in [7, 11) is -1.03. The highest BCUT2D eigenvalue weighted by molar-refractivity contribution is 7.92. The number of nitrogens with zero attached hydrogens (tertiary/aromatic N) is 4. The Hall–Kier alpha value is -3.18. The Morgan fingerprint density at radius 2 is 1.97 bits per heavy atom. The zero-order valence-corrected chi connectivity index (χ0v) is 17.9. The lowest BCUT2D eigenvalue weighted by Crippen LogP contribution is -2.30. The average molecular weight is 433 g/mol. The van der Waals surface area contributed by atoms with E-state index >= 15 is 0 Å². The number of hydroxylamine groups is 1. The van der Waals surface area contributed by atoms with Gasteiger partial charge in [-0.3, -0.25) is 19.0 Å². The van der Waals surface area contributed by atoms with Crippen LogP contribution in [-0.4, -0.2) is 48.0 Å². The number of hydrogen-bond donors (Lipinski definition) is 2. The smallest absolute Gasteiger partial charge is 0.278 e. The second-order valence-corrected chi connectivity index (χ2v) is 8.63. The molecule has 3 aromatic rings. The third kappa shape index (κ3) is 3.68. The van der Waals surface area contributed by atoms with Crippen LogP contribution in [0.1, 0.15) is 29.4 Å². The molecule has 0 saturated heterocycles. The lowest BCUT2D eigenvalue weighted by Gasteiger charge is -2.23. The Morgan fingerprint density at radius 3 is 2.57 bits per heavy atom. The van der Waals surface area contributed by atoms with E-state index in [2.05, 4.69) is 10.1 Å². The van der Waals surface area contributed by atoms with E-state index in [1.165, 1.54) is 30.1 Å². The molecule has 0 unspecified atom stereocenters. The first kappa shape index (κ1) is 21.5. The van der Waals surface area contributed by atoms with Crippen LogP contribution in [0.3, 0.4) is 0 Å². The molecule has 0 atom stereocenters. The van der Waals surface area contributed by atoms with E-state index in [0.717, 1.165) is 10.7 Å². The predicted molar refractivity (Wildman–Crippen MR) is 110 cm³/mol. The topological polar surface area (TPSA) is 127 Å². The van der Waals surface area contributed by atoms with Crippen LogP contribution in [0.2, 0.25) is 0 Å². The average Bonchev–Trinajstić information content (AvgIpc) is 3.04. The van der Waals surface area contributed by atoms with E-state index in [1.807, 2.05) is 6.92 Å². The second-order valence-electron chi connectivity index (χ2n) is 6.66. The van der Waals surface area contributed by atoms with Gasteiger partial charge in [-0.15, -0.1) is 0 Å². The molecule has 0 aliphatic rings.